The summed E-state index contributed by atoms with van der Waals surface area (Å²) in [6.45, 7) is 8.59. The zero-order valence-electron chi connectivity index (χ0n) is 10.4. The second kappa shape index (κ2) is 11.1. The molecule has 0 aromatic heterocycles. The number of unbranched alkanes of at least 4 members (excludes halogenated alkanes) is 5. The van der Waals surface area contributed by atoms with Crippen molar-refractivity contribution in [2.24, 2.45) is 5.92 Å². The van der Waals surface area contributed by atoms with Crippen LogP contribution in [0.2, 0.25) is 0 Å². The van der Waals surface area contributed by atoms with Crippen LogP contribution in [0.25, 0.3) is 0 Å². The van der Waals surface area contributed by atoms with Crippen LogP contribution < -0.4 is 0 Å². The highest BCUT2D eigenvalue weighted by Gasteiger charge is 2.03. The molecular formula is C14H29. The van der Waals surface area contributed by atoms with Crippen LogP contribution in [-0.4, -0.2) is 0 Å². The van der Waals surface area contributed by atoms with E-state index in [-0.39, 0.29) is 0 Å². The molecule has 0 N–H and O–H groups in total. The third kappa shape index (κ3) is 8.59. The van der Waals surface area contributed by atoms with Gasteiger partial charge in [0.05, 0.1) is 0 Å². The normalized spacial score (nSPS) is 13.1. The monoisotopic (exact) mass is 197 g/mol. The van der Waals surface area contributed by atoms with Gasteiger partial charge >= 0.3 is 0 Å². The third-order valence-electron chi connectivity index (χ3n) is 3.07. The van der Waals surface area contributed by atoms with E-state index in [1.165, 1.54) is 57.8 Å². The van der Waals surface area contributed by atoms with Gasteiger partial charge in [0, 0.05) is 0 Å². The summed E-state index contributed by atoms with van der Waals surface area (Å²) in [5.41, 5.74) is 0. The zero-order valence-corrected chi connectivity index (χ0v) is 10.4. The van der Waals surface area contributed by atoms with Gasteiger partial charge in [0.15, 0.2) is 0 Å². The Kier molecular flexibility index (Phi) is 11.1. The van der Waals surface area contributed by atoms with Gasteiger partial charge in [-0.1, -0.05) is 85.0 Å². The molecule has 0 aliphatic rings. The molecule has 0 amide bonds. The highest BCUT2D eigenvalue weighted by Crippen LogP contribution is 2.19. The summed E-state index contributed by atoms with van der Waals surface area (Å²) in [5, 5.41) is 0. The van der Waals surface area contributed by atoms with Crippen molar-refractivity contribution in [1.82, 2.24) is 0 Å². The number of hydrogen-bond donors (Lipinski definition) is 0. The van der Waals surface area contributed by atoms with E-state index in [0.29, 0.717) is 0 Å². The molecule has 0 aliphatic carbocycles. The summed E-state index contributed by atoms with van der Waals surface area (Å²) in [4.78, 5) is 0. The first-order chi connectivity index (χ1) is 6.85. The van der Waals surface area contributed by atoms with Gasteiger partial charge in [-0.15, -0.1) is 0 Å². The molecule has 0 aromatic rings. The van der Waals surface area contributed by atoms with Crippen molar-refractivity contribution in [3.63, 3.8) is 0 Å². The summed E-state index contributed by atoms with van der Waals surface area (Å²) in [6.07, 6.45) is 13.8. The van der Waals surface area contributed by atoms with E-state index in [1.54, 1.807) is 0 Å². The number of hydrogen-bond acceptors (Lipinski definition) is 0. The minimum absolute atomic E-state index is 0.908. The van der Waals surface area contributed by atoms with Gasteiger partial charge in [-0.25, -0.2) is 0 Å². The Labute approximate surface area is 91.5 Å². The van der Waals surface area contributed by atoms with Crippen molar-refractivity contribution < 1.29 is 0 Å². The Morgan fingerprint density at radius 1 is 0.786 bits per heavy atom. The molecule has 1 radical (unpaired) electrons. The summed E-state index contributed by atoms with van der Waals surface area (Å²) < 4.78 is 0. The lowest BCUT2D eigenvalue weighted by molar-refractivity contribution is 0.422. The second-order valence-corrected chi connectivity index (χ2v) is 4.50. The van der Waals surface area contributed by atoms with Crippen molar-refractivity contribution in [2.75, 3.05) is 0 Å². The Morgan fingerprint density at radius 3 is 2.00 bits per heavy atom. The fourth-order valence-electron chi connectivity index (χ4n) is 2.05. The van der Waals surface area contributed by atoms with Gasteiger partial charge < -0.3 is 0 Å². The van der Waals surface area contributed by atoms with Crippen molar-refractivity contribution in [3.8, 4) is 0 Å². The van der Waals surface area contributed by atoms with Crippen LogP contribution in [-0.2, 0) is 0 Å². The molecule has 0 spiro atoms. The van der Waals surface area contributed by atoms with Gasteiger partial charge in [0.25, 0.3) is 0 Å². The van der Waals surface area contributed by atoms with Crippen LogP contribution in [0.3, 0.4) is 0 Å². The maximum absolute atomic E-state index is 4.03. The largest absolute Gasteiger partial charge is 0.0654 e. The maximum Gasteiger partial charge on any atom is -0.0414 e. The Morgan fingerprint density at radius 2 is 1.43 bits per heavy atom. The molecule has 0 heterocycles. The lowest BCUT2D eigenvalue weighted by Gasteiger charge is -2.12. The van der Waals surface area contributed by atoms with Crippen LogP contribution in [0, 0.1) is 12.8 Å². The predicted octanol–water partition coefficient (Wildman–Crippen LogP) is 5.38. The molecule has 0 heteroatoms. The summed E-state index contributed by atoms with van der Waals surface area (Å²) in [7, 11) is 0. The van der Waals surface area contributed by atoms with E-state index in [0.717, 1.165) is 12.3 Å². The lowest BCUT2D eigenvalue weighted by atomic mass is 9.94. The fourth-order valence-corrected chi connectivity index (χ4v) is 2.05. The lowest BCUT2D eigenvalue weighted by Crippen LogP contribution is -1.98. The molecule has 0 rings (SSSR count). The Balaban J connectivity index is 3.15. The molecule has 0 saturated carbocycles. The van der Waals surface area contributed by atoms with Crippen LogP contribution in [0.1, 0.15) is 78.1 Å². The first-order valence-corrected chi connectivity index (χ1v) is 6.64. The average Bonchev–Trinajstić information content (AvgIpc) is 2.21. The topological polar surface area (TPSA) is 0 Å². The van der Waals surface area contributed by atoms with E-state index in [1.807, 2.05) is 0 Å². The quantitative estimate of drug-likeness (QED) is 0.413. The van der Waals surface area contributed by atoms with Crippen LogP contribution in [0.5, 0.6) is 0 Å². The second-order valence-electron chi connectivity index (χ2n) is 4.50. The zero-order chi connectivity index (χ0) is 10.6. The molecule has 0 nitrogen and oxygen atoms in total. The first kappa shape index (κ1) is 14.0. The van der Waals surface area contributed by atoms with Gasteiger partial charge in [-0.2, -0.15) is 0 Å². The van der Waals surface area contributed by atoms with Crippen LogP contribution in [0.15, 0.2) is 0 Å². The van der Waals surface area contributed by atoms with Gasteiger partial charge in [0.2, 0.25) is 0 Å². The van der Waals surface area contributed by atoms with E-state index < -0.39 is 0 Å². The highest BCUT2D eigenvalue weighted by atomic mass is 14.1. The van der Waals surface area contributed by atoms with E-state index in [9.17, 15) is 0 Å². The Bertz CT molecular complexity index is 96.2. The van der Waals surface area contributed by atoms with E-state index in [4.69, 9.17) is 0 Å². The highest BCUT2D eigenvalue weighted by molar-refractivity contribution is 4.60. The molecule has 0 aromatic carbocycles. The molecule has 0 saturated heterocycles. The molecule has 14 heavy (non-hydrogen) atoms. The van der Waals surface area contributed by atoms with Crippen LogP contribution in [0.4, 0.5) is 0 Å². The molecule has 0 bridgehead atoms. The number of rotatable bonds is 10. The maximum atomic E-state index is 4.03. The minimum Gasteiger partial charge on any atom is -0.0654 e. The van der Waals surface area contributed by atoms with Gasteiger partial charge in [0.1, 0.15) is 0 Å². The molecular weight excluding hydrogens is 168 g/mol. The third-order valence-corrected chi connectivity index (χ3v) is 3.07. The molecule has 0 aliphatic heterocycles. The molecule has 0 fully saturated rings. The average molecular weight is 197 g/mol. The van der Waals surface area contributed by atoms with E-state index in [2.05, 4.69) is 20.8 Å². The van der Waals surface area contributed by atoms with Gasteiger partial charge in [-0.3, -0.25) is 0 Å². The predicted molar refractivity (Wildman–Crippen MR) is 66.4 cm³/mol. The first-order valence-electron chi connectivity index (χ1n) is 6.64. The minimum atomic E-state index is 0.908. The van der Waals surface area contributed by atoms with Crippen molar-refractivity contribution in [2.45, 2.75) is 78.1 Å². The van der Waals surface area contributed by atoms with Crippen molar-refractivity contribution in [3.05, 3.63) is 6.92 Å². The molecule has 1 atom stereocenters. The molecule has 85 valence electrons. The Hall–Kier alpha value is 0. The summed E-state index contributed by atoms with van der Waals surface area (Å²) >= 11 is 0. The summed E-state index contributed by atoms with van der Waals surface area (Å²) in [5.74, 6) is 0.908. The fraction of sp³-hybridized carbons (Fsp3) is 0.929. The van der Waals surface area contributed by atoms with Crippen molar-refractivity contribution >= 4 is 0 Å². The van der Waals surface area contributed by atoms with Crippen molar-refractivity contribution in [1.29, 1.82) is 0 Å². The van der Waals surface area contributed by atoms with Crippen LogP contribution >= 0.6 is 0 Å². The summed E-state index contributed by atoms with van der Waals surface area (Å²) in [6, 6.07) is 0. The smallest absolute Gasteiger partial charge is 0.0414 e. The van der Waals surface area contributed by atoms with E-state index >= 15 is 0 Å². The standard InChI is InChI=1S/C14H29/c1-4-7-8-9-10-11-13-14(6-3)12-5-2/h14H,3-13H2,1-2H3. The molecule has 1 unspecified atom stereocenters. The van der Waals surface area contributed by atoms with Gasteiger partial charge in [-0.05, 0) is 5.92 Å². The SMILES string of the molecule is [CH2]CC(CCC)CCCCCCCC.